The Morgan fingerprint density at radius 1 is 1.78 bits per heavy atom. The van der Waals surface area contributed by atoms with Crippen LogP contribution in [-0.2, 0) is 4.74 Å². The number of nitrogens with one attached hydrogen (secondary N) is 1. The first-order chi connectivity index (χ1) is 4.36. The van der Waals surface area contributed by atoms with Gasteiger partial charge in [0.05, 0.1) is 12.7 Å². The molecule has 0 spiro atoms. The highest BCUT2D eigenvalue weighted by Crippen LogP contribution is 2.07. The van der Waals surface area contributed by atoms with Gasteiger partial charge in [0.2, 0.25) is 0 Å². The highest BCUT2D eigenvalue weighted by molar-refractivity contribution is 4.80. The average molecular weight is 131 g/mol. The Bertz CT molecular complexity index is 77.1. The molecule has 1 aliphatic heterocycles. The summed E-state index contributed by atoms with van der Waals surface area (Å²) in [6.07, 6.45) is 1.25. The van der Waals surface area contributed by atoms with Gasteiger partial charge in [-0.25, -0.2) is 0 Å². The maximum absolute atomic E-state index is 8.66. The molecule has 1 saturated heterocycles. The van der Waals surface area contributed by atoms with E-state index < -0.39 is 0 Å². The second-order valence-corrected chi connectivity index (χ2v) is 2.38. The second-order valence-electron chi connectivity index (χ2n) is 2.38. The molecule has 3 nitrogen and oxygen atoms in total. The predicted octanol–water partition coefficient (Wildman–Crippen LogP) is -0.644. The van der Waals surface area contributed by atoms with Crippen molar-refractivity contribution in [3.8, 4) is 0 Å². The van der Waals surface area contributed by atoms with Gasteiger partial charge in [-0.1, -0.05) is 0 Å². The molecule has 54 valence electrons. The first-order valence-corrected chi connectivity index (χ1v) is 3.24. The fourth-order valence-corrected chi connectivity index (χ4v) is 1.10. The van der Waals surface area contributed by atoms with Gasteiger partial charge in [-0.2, -0.15) is 0 Å². The zero-order valence-corrected chi connectivity index (χ0v) is 5.63. The van der Waals surface area contributed by atoms with E-state index in [0.29, 0.717) is 6.10 Å². The summed E-state index contributed by atoms with van der Waals surface area (Å²) >= 11 is 0. The van der Waals surface area contributed by atoms with Gasteiger partial charge in [0.25, 0.3) is 0 Å². The second kappa shape index (κ2) is 3.15. The molecule has 2 N–H and O–H groups in total. The number of ether oxygens (including phenoxy) is 1. The van der Waals surface area contributed by atoms with Crippen LogP contribution >= 0.6 is 0 Å². The molecular formula is C6H13NO2. The molecule has 1 fully saturated rings. The van der Waals surface area contributed by atoms with Crippen LogP contribution in [0.15, 0.2) is 0 Å². The van der Waals surface area contributed by atoms with E-state index in [1.54, 1.807) is 7.11 Å². The fraction of sp³-hybridized carbons (Fsp3) is 1.00. The minimum atomic E-state index is 0.222. The Morgan fingerprint density at radius 2 is 2.56 bits per heavy atom. The predicted molar refractivity (Wildman–Crippen MR) is 34.3 cm³/mol. The Hall–Kier alpha value is -0.120. The Balaban J connectivity index is 2.20. The summed E-state index contributed by atoms with van der Waals surface area (Å²) in [5.74, 6) is 0. The SMILES string of the molecule is CO[C@H]1CN[C@@H](CO)C1. The van der Waals surface area contributed by atoms with Crippen LogP contribution < -0.4 is 5.32 Å². The average Bonchev–Trinajstić information content (AvgIpc) is 2.34. The number of aliphatic hydroxyl groups excluding tert-OH is 1. The quantitative estimate of drug-likeness (QED) is 0.523. The first-order valence-electron chi connectivity index (χ1n) is 3.24. The number of methoxy groups -OCH3 is 1. The lowest BCUT2D eigenvalue weighted by molar-refractivity contribution is 0.114. The molecular weight excluding hydrogens is 118 g/mol. The molecule has 1 rings (SSSR count). The Kier molecular flexibility index (Phi) is 2.45. The third-order valence-corrected chi connectivity index (χ3v) is 1.74. The highest BCUT2D eigenvalue weighted by atomic mass is 16.5. The van der Waals surface area contributed by atoms with Gasteiger partial charge in [-0.15, -0.1) is 0 Å². The van der Waals surface area contributed by atoms with E-state index in [1.165, 1.54) is 0 Å². The van der Waals surface area contributed by atoms with Gasteiger partial charge < -0.3 is 15.2 Å². The molecule has 0 radical (unpaired) electrons. The minimum Gasteiger partial charge on any atom is -0.395 e. The lowest BCUT2D eigenvalue weighted by Gasteiger charge is -2.04. The molecule has 0 aromatic rings. The van der Waals surface area contributed by atoms with E-state index in [4.69, 9.17) is 9.84 Å². The van der Waals surface area contributed by atoms with E-state index in [0.717, 1.165) is 13.0 Å². The topological polar surface area (TPSA) is 41.5 Å². The van der Waals surface area contributed by atoms with Crippen LogP contribution in [-0.4, -0.2) is 37.5 Å². The van der Waals surface area contributed by atoms with Gasteiger partial charge in [0.1, 0.15) is 0 Å². The zero-order valence-electron chi connectivity index (χ0n) is 5.63. The van der Waals surface area contributed by atoms with Crippen LogP contribution in [0.25, 0.3) is 0 Å². The normalized spacial score (nSPS) is 35.3. The number of aliphatic hydroxyl groups is 1. The highest BCUT2D eigenvalue weighted by Gasteiger charge is 2.22. The number of rotatable bonds is 2. The molecule has 2 atom stereocenters. The van der Waals surface area contributed by atoms with Crippen molar-refractivity contribution in [2.45, 2.75) is 18.6 Å². The monoisotopic (exact) mass is 131 g/mol. The van der Waals surface area contributed by atoms with Crippen LogP contribution in [0.5, 0.6) is 0 Å². The molecule has 0 aliphatic carbocycles. The van der Waals surface area contributed by atoms with Gasteiger partial charge in [0.15, 0.2) is 0 Å². The standard InChI is InChI=1S/C6H13NO2/c1-9-6-2-5(4-8)7-3-6/h5-8H,2-4H2,1H3/t5-,6-/m1/s1. The molecule has 0 amide bonds. The molecule has 0 unspecified atom stereocenters. The van der Waals surface area contributed by atoms with Crippen molar-refractivity contribution in [1.29, 1.82) is 0 Å². The zero-order chi connectivity index (χ0) is 6.69. The maximum atomic E-state index is 8.66. The lowest BCUT2D eigenvalue weighted by Crippen LogP contribution is -2.24. The molecule has 1 aliphatic rings. The van der Waals surface area contributed by atoms with E-state index in [-0.39, 0.29) is 12.6 Å². The summed E-state index contributed by atoms with van der Waals surface area (Å²) in [6, 6.07) is 0.259. The Morgan fingerprint density at radius 3 is 2.89 bits per heavy atom. The third kappa shape index (κ3) is 1.64. The first kappa shape index (κ1) is 6.99. The molecule has 3 heteroatoms. The molecule has 9 heavy (non-hydrogen) atoms. The number of hydrogen-bond donors (Lipinski definition) is 2. The fourth-order valence-electron chi connectivity index (χ4n) is 1.10. The van der Waals surface area contributed by atoms with E-state index in [9.17, 15) is 0 Å². The van der Waals surface area contributed by atoms with Crippen molar-refractivity contribution in [2.75, 3.05) is 20.3 Å². The molecule has 0 aromatic heterocycles. The third-order valence-electron chi connectivity index (χ3n) is 1.74. The van der Waals surface area contributed by atoms with E-state index in [2.05, 4.69) is 5.32 Å². The van der Waals surface area contributed by atoms with Gasteiger partial charge >= 0.3 is 0 Å². The molecule has 0 saturated carbocycles. The van der Waals surface area contributed by atoms with Crippen molar-refractivity contribution in [2.24, 2.45) is 0 Å². The molecule has 0 aromatic carbocycles. The van der Waals surface area contributed by atoms with Crippen LogP contribution in [0, 0.1) is 0 Å². The van der Waals surface area contributed by atoms with Crippen LogP contribution in [0.4, 0.5) is 0 Å². The van der Waals surface area contributed by atoms with Crippen molar-refractivity contribution in [1.82, 2.24) is 5.32 Å². The van der Waals surface area contributed by atoms with Crippen LogP contribution in [0.2, 0.25) is 0 Å². The Labute approximate surface area is 55.0 Å². The van der Waals surface area contributed by atoms with Crippen molar-refractivity contribution >= 4 is 0 Å². The van der Waals surface area contributed by atoms with Crippen molar-refractivity contribution in [3.05, 3.63) is 0 Å². The van der Waals surface area contributed by atoms with E-state index >= 15 is 0 Å². The lowest BCUT2D eigenvalue weighted by atomic mass is 10.2. The van der Waals surface area contributed by atoms with Crippen LogP contribution in [0.3, 0.4) is 0 Å². The van der Waals surface area contributed by atoms with Crippen LogP contribution in [0.1, 0.15) is 6.42 Å². The minimum absolute atomic E-state index is 0.222. The summed E-state index contributed by atoms with van der Waals surface area (Å²) in [6.45, 7) is 1.10. The van der Waals surface area contributed by atoms with Gasteiger partial charge in [-0.05, 0) is 6.42 Å². The maximum Gasteiger partial charge on any atom is 0.0711 e. The van der Waals surface area contributed by atoms with Gasteiger partial charge in [-0.3, -0.25) is 0 Å². The number of hydrogen-bond acceptors (Lipinski definition) is 3. The summed E-state index contributed by atoms with van der Waals surface area (Å²) in [5.41, 5.74) is 0. The molecule has 0 bridgehead atoms. The molecule has 1 heterocycles. The largest absolute Gasteiger partial charge is 0.395 e. The summed E-state index contributed by atoms with van der Waals surface area (Å²) in [7, 11) is 1.70. The van der Waals surface area contributed by atoms with Crippen molar-refractivity contribution < 1.29 is 9.84 Å². The summed E-state index contributed by atoms with van der Waals surface area (Å²) < 4.78 is 5.07. The summed E-state index contributed by atoms with van der Waals surface area (Å²) in [4.78, 5) is 0. The van der Waals surface area contributed by atoms with E-state index in [1.807, 2.05) is 0 Å². The van der Waals surface area contributed by atoms with Crippen molar-refractivity contribution in [3.63, 3.8) is 0 Å². The van der Waals surface area contributed by atoms with Gasteiger partial charge in [0, 0.05) is 19.7 Å². The summed E-state index contributed by atoms with van der Waals surface area (Å²) in [5, 5.41) is 11.8. The smallest absolute Gasteiger partial charge is 0.0711 e.